The Balaban J connectivity index is 2.26. The topological polar surface area (TPSA) is 85.1 Å². The molecule has 0 saturated carbocycles. The largest absolute Gasteiger partial charge is 0.477 e. The highest BCUT2D eigenvalue weighted by atomic mass is 35.5. The first-order valence-electron chi connectivity index (χ1n) is 8.56. The Bertz CT molecular complexity index is 1110. The van der Waals surface area contributed by atoms with Gasteiger partial charge in [0.15, 0.2) is 5.43 Å². The van der Waals surface area contributed by atoms with E-state index >= 15 is 0 Å². The summed E-state index contributed by atoms with van der Waals surface area (Å²) < 4.78 is 1.78. The molecule has 0 aliphatic carbocycles. The van der Waals surface area contributed by atoms with Crippen molar-refractivity contribution < 1.29 is 9.90 Å². The third-order valence-electron chi connectivity index (χ3n) is 4.34. The molecule has 0 aliphatic heterocycles. The van der Waals surface area contributed by atoms with E-state index in [0.717, 1.165) is 5.69 Å². The molecule has 0 amide bonds. The van der Waals surface area contributed by atoms with Crippen LogP contribution in [0.15, 0.2) is 41.2 Å². The number of aryl methyl sites for hydroxylation is 1. The Hall–Kier alpha value is -2.70. The number of aromatic carboxylic acids is 1. The van der Waals surface area contributed by atoms with Crippen LogP contribution >= 0.6 is 23.2 Å². The zero-order valence-corrected chi connectivity index (χ0v) is 16.8. The van der Waals surface area contributed by atoms with Gasteiger partial charge in [0.25, 0.3) is 0 Å². The van der Waals surface area contributed by atoms with Crippen LogP contribution in [0.3, 0.4) is 0 Å². The fourth-order valence-corrected chi connectivity index (χ4v) is 3.36. The average Bonchev–Trinajstić information content (AvgIpc) is 2.65. The van der Waals surface area contributed by atoms with E-state index in [1.807, 2.05) is 26.0 Å². The van der Waals surface area contributed by atoms with Crippen LogP contribution < -0.4 is 5.43 Å². The molecular weight excluding hydrogens is 401 g/mol. The summed E-state index contributed by atoms with van der Waals surface area (Å²) in [7, 11) is 0. The summed E-state index contributed by atoms with van der Waals surface area (Å²) in [6, 6.07) is 9.80. The molecule has 6 nitrogen and oxygen atoms in total. The number of aromatic nitrogens is 3. The smallest absolute Gasteiger partial charge is 0.341 e. The fourth-order valence-electron chi connectivity index (χ4n) is 3.06. The van der Waals surface area contributed by atoms with Gasteiger partial charge in [-0.05, 0) is 38.1 Å². The van der Waals surface area contributed by atoms with Crippen molar-refractivity contribution >= 4 is 29.2 Å². The van der Waals surface area contributed by atoms with Crippen molar-refractivity contribution in [3.8, 4) is 11.3 Å². The number of halogens is 2. The van der Waals surface area contributed by atoms with Crippen molar-refractivity contribution in [3.05, 3.63) is 79.3 Å². The Morgan fingerprint density at radius 3 is 2.43 bits per heavy atom. The van der Waals surface area contributed by atoms with Gasteiger partial charge in [-0.1, -0.05) is 29.3 Å². The zero-order chi connectivity index (χ0) is 20.4. The lowest BCUT2D eigenvalue weighted by Gasteiger charge is -2.20. The van der Waals surface area contributed by atoms with Gasteiger partial charge >= 0.3 is 5.97 Å². The number of hydrogen-bond donors (Lipinski definition) is 1. The highest BCUT2D eigenvalue weighted by Crippen LogP contribution is 2.30. The first kappa shape index (κ1) is 20.0. The molecule has 28 heavy (non-hydrogen) atoms. The number of carbonyl (C=O) groups is 1. The van der Waals surface area contributed by atoms with Gasteiger partial charge in [-0.3, -0.25) is 4.79 Å². The molecule has 0 atom stereocenters. The summed E-state index contributed by atoms with van der Waals surface area (Å²) in [5.74, 6) is -1.30. The maximum atomic E-state index is 12.7. The molecular formula is C20H17Cl2N3O3. The Kier molecular flexibility index (Phi) is 5.82. The number of rotatable bonds is 5. The van der Waals surface area contributed by atoms with Crippen LogP contribution in [0, 0.1) is 6.92 Å². The molecule has 0 saturated heterocycles. The third-order valence-corrected chi connectivity index (χ3v) is 5.08. The van der Waals surface area contributed by atoms with E-state index in [1.54, 1.807) is 22.8 Å². The average molecular weight is 418 g/mol. The van der Waals surface area contributed by atoms with Crippen molar-refractivity contribution in [2.45, 2.75) is 26.8 Å². The van der Waals surface area contributed by atoms with E-state index in [0.29, 0.717) is 34.9 Å². The van der Waals surface area contributed by atoms with E-state index < -0.39 is 11.4 Å². The van der Waals surface area contributed by atoms with Crippen molar-refractivity contribution in [1.82, 2.24) is 14.8 Å². The molecule has 8 heteroatoms. The second-order valence-corrected chi connectivity index (χ2v) is 7.06. The van der Waals surface area contributed by atoms with Gasteiger partial charge in [-0.2, -0.15) is 10.2 Å². The SMILES string of the molecule is CCn1c(Cc2ccc(C)nn2)cc(=O)c(C(=O)O)c1-c1ccc(Cl)c(Cl)c1. The molecule has 2 aromatic heterocycles. The van der Waals surface area contributed by atoms with Gasteiger partial charge in [-0.25, -0.2) is 4.79 Å². The summed E-state index contributed by atoms with van der Waals surface area (Å²) in [6.07, 6.45) is 0.338. The highest BCUT2D eigenvalue weighted by Gasteiger charge is 2.22. The standard InChI is InChI=1S/C20H17Cl2N3O3/c1-3-25-14(9-13-6-4-11(2)23-24-13)10-17(26)18(20(27)28)19(25)12-5-7-15(21)16(22)8-12/h4-8,10H,3,9H2,1-2H3,(H,27,28). The lowest BCUT2D eigenvalue weighted by atomic mass is 10.0. The van der Waals surface area contributed by atoms with Crippen LogP contribution in [-0.2, 0) is 13.0 Å². The summed E-state index contributed by atoms with van der Waals surface area (Å²) >= 11 is 12.1. The van der Waals surface area contributed by atoms with Crippen LogP contribution in [0.25, 0.3) is 11.3 Å². The number of carboxylic acids is 1. The summed E-state index contributed by atoms with van der Waals surface area (Å²) in [4.78, 5) is 24.5. The van der Waals surface area contributed by atoms with Crippen LogP contribution in [0.1, 0.15) is 34.4 Å². The number of benzene rings is 1. The van der Waals surface area contributed by atoms with Gasteiger partial charge in [0.05, 0.1) is 27.1 Å². The van der Waals surface area contributed by atoms with Crippen LogP contribution in [0.2, 0.25) is 10.0 Å². The second-order valence-electron chi connectivity index (χ2n) is 6.24. The van der Waals surface area contributed by atoms with Crippen molar-refractivity contribution in [2.75, 3.05) is 0 Å². The molecule has 0 unspecified atom stereocenters. The normalized spacial score (nSPS) is 10.9. The summed E-state index contributed by atoms with van der Waals surface area (Å²) in [5, 5.41) is 18.5. The second kappa shape index (κ2) is 8.12. The Labute approximate surface area is 171 Å². The molecule has 0 fully saturated rings. The lowest BCUT2D eigenvalue weighted by Crippen LogP contribution is -2.23. The van der Waals surface area contributed by atoms with Gasteiger partial charge in [-0.15, -0.1) is 0 Å². The molecule has 0 bridgehead atoms. The molecule has 1 N–H and O–H groups in total. The maximum absolute atomic E-state index is 12.7. The van der Waals surface area contributed by atoms with Gasteiger partial charge in [0.2, 0.25) is 0 Å². The molecule has 3 rings (SSSR count). The van der Waals surface area contributed by atoms with E-state index in [9.17, 15) is 14.7 Å². The molecule has 144 valence electrons. The fraction of sp³-hybridized carbons (Fsp3) is 0.200. The van der Waals surface area contributed by atoms with Gasteiger partial charge in [0.1, 0.15) is 5.56 Å². The minimum absolute atomic E-state index is 0.278. The minimum Gasteiger partial charge on any atom is -0.477 e. The first-order chi connectivity index (χ1) is 13.3. The molecule has 0 aliphatic rings. The number of carboxylic acid groups (broad SMARTS) is 1. The van der Waals surface area contributed by atoms with E-state index in [1.165, 1.54) is 6.07 Å². The predicted octanol–water partition coefficient (Wildman–Crippen LogP) is 4.23. The molecule has 2 heterocycles. The number of nitrogens with zero attached hydrogens (tertiary/aromatic N) is 3. The molecule has 3 aromatic rings. The first-order valence-corrected chi connectivity index (χ1v) is 9.32. The molecule has 0 spiro atoms. The summed E-state index contributed by atoms with van der Waals surface area (Å²) in [6.45, 7) is 4.16. The highest BCUT2D eigenvalue weighted by molar-refractivity contribution is 6.42. The van der Waals surface area contributed by atoms with Gasteiger partial charge in [0, 0.05) is 30.3 Å². The number of pyridine rings is 1. The molecule has 1 aromatic carbocycles. The lowest BCUT2D eigenvalue weighted by molar-refractivity contribution is 0.0695. The van der Waals surface area contributed by atoms with Crippen LogP contribution in [0.4, 0.5) is 0 Å². The minimum atomic E-state index is -1.30. The van der Waals surface area contributed by atoms with E-state index in [4.69, 9.17) is 23.2 Å². The summed E-state index contributed by atoms with van der Waals surface area (Å²) in [5.41, 5.74) is 2.01. The predicted molar refractivity (Wildman–Crippen MR) is 108 cm³/mol. The molecule has 0 radical (unpaired) electrons. The van der Waals surface area contributed by atoms with Gasteiger partial charge < -0.3 is 9.67 Å². The van der Waals surface area contributed by atoms with E-state index in [-0.39, 0.29) is 16.3 Å². The van der Waals surface area contributed by atoms with Crippen LogP contribution in [-0.4, -0.2) is 25.8 Å². The van der Waals surface area contributed by atoms with Crippen molar-refractivity contribution in [1.29, 1.82) is 0 Å². The monoisotopic (exact) mass is 417 g/mol. The van der Waals surface area contributed by atoms with Crippen molar-refractivity contribution in [3.63, 3.8) is 0 Å². The Morgan fingerprint density at radius 1 is 1.11 bits per heavy atom. The van der Waals surface area contributed by atoms with Crippen molar-refractivity contribution in [2.24, 2.45) is 0 Å². The maximum Gasteiger partial charge on any atom is 0.341 e. The zero-order valence-electron chi connectivity index (χ0n) is 15.2. The van der Waals surface area contributed by atoms with Crippen LogP contribution in [0.5, 0.6) is 0 Å². The quantitative estimate of drug-likeness (QED) is 0.671. The third kappa shape index (κ3) is 3.93. The Morgan fingerprint density at radius 2 is 1.86 bits per heavy atom. The van der Waals surface area contributed by atoms with E-state index in [2.05, 4.69) is 10.2 Å². The number of hydrogen-bond acceptors (Lipinski definition) is 4.